The maximum atomic E-state index is 10.9. The smallest absolute Gasteiger partial charge is 0.193 e. The molecule has 0 fully saturated rings. The molecule has 3 heteroatoms. The first kappa shape index (κ1) is 19.5. The molecular weight excluding hydrogens is 320 g/mol. The van der Waals surface area contributed by atoms with E-state index in [9.17, 15) is 15.6 Å². The standard InChI is InChI=1S/C23H26N2O/c1-21(2,3)18-12-17(13-19(20(18)26)22(4,5)6)23(14-24,15-25)16-10-8-7-9-11-16/h7-13,26H,1-6H3. The minimum Gasteiger partial charge on any atom is -0.507 e. The van der Waals surface area contributed by atoms with Crippen molar-refractivity contribution in [3.63, 3.8) is 0 Å². The summed E-state index contributed by atoms with van der Waals surface area (Å²) in [7, 11) is 0. The molecule has 3 nitrogen and oxygen atoms in total. The zero-order valence-corrected chi connectivity index (χ0v) is 16.4. The summed E-state index contributed by atoms with van der Waals surface area (Å²) in [5, 5.41) is 30.9. The quantitative estimate of drug-likeness (QED) is 0.800. The second kappa shape index (κ2) is 6.50. The number of phenols is 1. The number of nitrogens with zero attached hydrogens (tertiary/aromatic N) is 2. The van der Waals surface area contributed by atoms with Gasteiger partial charge in [0.25, 0.3) is 0 Å². The predicted octanol–water partition coefficient (Wildman–Crippen LogP) is 5.32. The lowest BCUT2D eigenvalue weighted by molar-refractivity contribution is 0.422. The summed E-state index contributed by atoms with van der Waals surface area (Å²) in [6.45, 7) is 12.1. The molecule has 0 saturated carbocycles. The molecule has 134 valence electrons. The fourth-order valence-corrected chi connectivity index (χ4v) is 3.13. The van der Waals surface area contributed by atoms with E-state index in [4.69, 9.17) is 0 Å². The van der Waals surface area contributed by atoms with Gasteiger partial charge in [0.15, 0.2) is 5.41 Å². The number of nitriles is 2. The van der Waals surface area contributed by atoms with Crippen LogP contribution in [0.3, 0.4) is 0 Å². The Morgan fingerprint density at radius 1 is 0.731 bits per heavy atom. The van der Waals surface area contributed by atoms with Crippen LogP contribution in [0.2, 0.25) is 0 Å². The minimum atomic E-state index is -1.42. The van der Waals surface area contributed by atoms with Crippen molar-refractivity contribution in [1.29, 1.82) is 10.5 Å². The molecule has 0 radical (unpaired) electrons. The molecule has 2 aromatic rings. The lowest BCUT2D eigenvalue weighted by Crippen LogP contribution is -2.26. The summed E-state index contributed by atoms with van der Waals surface area (Å²) >= 11 is 0. The van der Waals surface area contributed by atoms with Gasteiger partial charge in [-0.15, -0.1) is 0 Å². The Balaban J connectivity index is 2.93. The highest BCUT2D eigenvalue weighted by molar-refractivity contribution is 5.59. The lowest BCUT2D eigenvalue weighted by atomic mass is 9.71. The largest absolute Gasteiger partial charge is 0.507 e. The molecular formula is C23H26N2O. The van der Waals surface area contributed by atoms with E-state index in [-0.39, 0.29) is 16.6 Å². The predicted molar refractivity (Wildman–Crippen MR) is 104 cm³/mol. The van der Waals surface area contributed by atoms with Crippen molar-refractivity contribution in [3.05, 3.63) is 64.7 Å². The Bertz CT molecular complexity index is 836. The molecule has 0 heterocycles. The van der Waals surface area contributed by atoms with Gasteiger partial charge in [-0.05, 0) is 45.2 Å². The van der Waals surface area contributed by atoms with Crippen LogP contribution in [0.15, 0.2) is 42.5 Å². The van der Waals surface area contributed by atoms with Gasteiger partial charge in [-0.1, -0.05) is 71.9 Å². The van der Waals surface area contributed by atoms with Gasteiger partial charge in [0, 0.05) is 0 Å². The maximum Gasteiger partial charge on any atom is 0.193 e. The maximum absolute atomic E-state index is 10.9. The van der Waals surface area contributed by atoms with E-state index in [0.29, 0.717) is 11.1 Å². The summed E-state index contributed by atoms with van der Waals surface area (Å²) in [4.78, 5) is 0. The molecule has 0 bridgehead atoms. The van der Waals surface area contributed by atoms with Crippen molar-refractivity contribution in [3.8, 4) is 17.9 Å². The van der Waals surface area contributed by atoms with Gasteiger partial charge in [0.2, 0.25) is 0 Å². The van der Waals surface area contributed by atoms with Crippen molar-refractivity contribution >= 4 is 0 Å². The summed E-state index contributed by atoms with van der Waals surface area (Å²) in [6, 6.07) is 17.2. The Labute approximate surface area is 156 Å². The Morgan fingerprint density at radius 2 is 1.15 bits per heavy atom. The van der Waals surface area contributed by atoms with Gasteiger partial charge in [0.05, 0.1) is 12.1 Å². The summed E-state index contributed by atoms with van der Waals surface area (Å²) < 4.78 is 0. The van der Waals surface area contributed by atoms with Crippen LogP contribution >= 0.6 is 0 Å². The number of benzene rings is 2. The molecule has 0 amide bonds. The number of hydrogen-bond donors (Lipinski definition) is 1. The molecule has 1 N–H and O–H groups in total. The van der Waals surface area contributed by atoms with E-state index in [0.717, 1.165) is 11.1 Å². The van der Waals surface area contributed by atoms with Crippen molar-refractivity contribution in [2.45, 2.75) is 57.8 Å². The van der Waals surface area contributed by atoms with Crippen LogP contribution in [0.1, 0.15) is 63.8 Å². The Morgan fingerprint density at radius 3 is 1.50 bits per heavy atom. The highest BCUT2D eigenvalue weighted by Gasteiger charge is 2.38. The SMILES string of the molecule is CC(C)(C)c1cc(C(C#N)(C#N)c2ccccc2)cc(C(C)(C)C)c1O. The first-order valence-corrected chi connectivity index (χ1v) is 8.74. The van der Waals surface area contributed by atoms with Crippen molar-refractivity contribution < 1.29 is 5.11 Å². The molecule has 0 spiro atoms. The van der Waals surface area contributed by atoms with Crippen LogP contribution in [0.5, 0.6) is 5.75 Å². The fraction of sp³-hybridized carbons (Fsp3) is 0.391. The molecule has 0 saturated heterocycles. The third kappa shape index (κ3) is 3.31. The van der Waals surface area contributed by atoms with Crippen LogP contribution in [0.25, 0.3) is 0 Å². The van der Waals surface area contributed by atoms with Gasteiger partial charge in [0.1, 0.15) is 5.75 Å². The molecule has 0 aliphatic heterocycles. The molecule has 26 heavy (non-hydrogen) atoms. The van der Waals surface area contributed by atoms with E-state index in [1.807, 2.05) is 71.9 Å². The van der Waals surface area contributed by atoms with Crippen LogP contribution < -0.4 is 0 Å². The van der Waals surface area contributed by atoms with Crippen LogP contribution in [-0.4, -0.2) is 5.11 Å². The zero-order chi connectivity index (χ0) is 19.8. The average molecular weight is 346 g/mol. The highest BCUT2D eigenvalue weighted by Crippen LogP contribution is 2.43. The third-order valence-electron chi connectivity index (χ3n) is 4.70. The zero-order valence-electron chi connectivity index (χ0n) is 16.4. The van der Waals surface area contributed by atoms with E-state index < -0.39 is 5.41 Å². The first-order chi connectivity index (χ1) is 12.0. The van der Waals surface area contributed by atoms with Crippen molar-refractivity contribution in [2.75, 3.05) is 0 Å². The van der Waals surface area contributed by atoms with E-state index in [2.05, 4.69) is 12.1 Å². The van der Waals surface area contributed by atoms with Gasteiger partial charge < -0.3 is 5.11 Å². The van der Waals surface area contributed by atoms with Gasteiger partial charge in [-0.25, -0.2) is 0 Å². The Kier molecular flexibility index (Phi) is 4.89. The van der Waals surface area contributed by atoms with E-state index in [1.54, 1.807) is 12.1 Å². The third-order valence-corrected chi connectivity index (χ3v) is 4.70. The van der Waals surface area contributed by atoms with Gasteiger partial charge >= 0.3 is 0 Å². The summed E-state index contributed by atoms with van der Waals surface area (Å²) in [6.07, 6.45) is 0. The van der Waals surface area contributed by atoms with Crippen LogP contribution in [0, 0.1) is 22.7 Å². The number of phenolic OH excluding ortho intramolecular Hbond substituents is 1. The highest BCUT2D eigenvalue weighted by atomic mass is 16.3. The second-order valence-electron chi connectivity index (χ2n) is 8.76. The molecule has 0 unspecified atom stereocenters. The summed E-state index contributed by atoms with van der Waals surface area (Å²) in [5.41, 5.74) is 0.642. The monoisotopic (exact) mass is 346 g/mol. The second-order valence-corrected chi connectivity index (χ2v) is 8.76. The van der Waals surface area contributed by atoms with E-state index in [1.165, 1.54) is 0 Å². The molecule has 2 rings (SSSR count). The van der Waals surface area contributed by atoms with Crippen molar-refractivity contribution in [2.24, 2.45) is 0 Å². The lowest BCUT2D eigenvalue weighted by Gasteiger charge is -2.30. The van der Waals surface area contributed by atoms with Crippen LogP contribution in [-0.2, 0) is 16.2 Å². The number of aromatic hydroxyl groups is 1. The topological polar surface area (TPSA) is 67.8 Å². The average Bonchev–Trinajstić information content (AvgIpc) is 2.56. The van der Waals surface area contributed by atoms with E-state index >= 15 is 0 Å². The normalized spacial score (nSPS) is 12.3. The number of hydrogen-bond acceptors (Lipinski definition) is 3. The molecule has 0 atom stereocenters. The molecule has 0 aliphatic rings. The minimum absolute atomic E-state index is 0.242. The van der Waals surface area contributed by atoms with Gasteiger partial charge in [-0.3, -0.25) is 0 Å². The molecule has 2 aromatic carbocycles. The number of rotatable bonds is 2. The first-order valence-electron chi connectivity index (χ1n) is 8.74. The molecule has 0 aliphatic carbocycles. The van der Waals surface area contributed by atoms with Crippen LogP contribution in [0.4, 0.5) is 0 Å². The fourth-order valence-electron chi connectivity index (χ4n) is 3.13. The summed E-state index contributed by atoms with van der Waals surface area (Å²) in [5.74, 6) is 0.242. The molecule has 0 aromatic heterocycles. The Hall–Kier alpha value is -2.78. The van der Waals surface area contributed by atoms with Gasteiger partial charge in [-0.2, -0.15) is 10.5 Å². The van der Waals surface area contributed by atoms with Crippen molar-refractivity contribution in [1.82, 2.24) is 0 Å².